The van der Waals surface area contributed by atoms with Gasteiger partial charge < -0.3 is 0 Å². The molecule has 3 rings (SSSR count). The second kappa shape index (κ2) is 5.72. The summed E-state index contributed by atoms with van der Waals surface area (Å²) in [6, 6.07) is 9.80. The maximum absolute atomic E-state index is 13.0. The van der Waals surface area contributed by atoms with Gasteiger partial charge in [0.05, 0.1) is 10.4 Å². The van der Waals surface area contributed by atoms with Crippen molar-refractivity contribution < 1.29 is 4.39 Å². The molecule has 0 saturated heterocycles. The molecule has 0 fully saturated rings. The van der Waals surface area contributed by atoms with Gasteiger partial charge >= 0.3 is 0 Å². The van der Waals surface area contributed by atoms with Crippen LogP contribution in [0.4, 0.5) is 4.39 Å². The lowest BCUT2D eigenvalue weighted by molar-refractivity contribution is 0.628. The molecule has 0 bridgehead atoms. The highest BCUT2D eigenvalue weighted by Crippen LogP contribution is 2.35. The van der Waals surface area contributed by atoms with Gasteiger partial charge in [0.15, 0.2) is 5.82 Å². The van der Waals surface area contributed by atoms with Crippen molar-refractivity contribution in [2.24, 2.45) is 0 Å². The minimum Gasteiger partial charge on any atom is -0.215 e. The summed E-state index contributed by atoms with van der Waals surface area (Å²) >= 11 is 14.1. The summed E-state index contributed by atoms with van der Waals surface area (Å²) in [6.07, 6.45) is 0. The van der Waals surface area contributed by atoms with Crippen molar-refractivity contribution in [2.75, 3.05) is 0 Å². The summed E-state index contributed by atoms with van der Waals surface area (Å²) in [5.74, 6) is 0.173. The molecule has 0 saturated carbocycles. The molecule has 6 heteroatoms. The van der Waals surface area contributed by atoms with Gasteiger partial charge in [-0.1, -0.05) is 35.3 Å². The number of nitrogens with zero attached hydrogens (tertiary/aromatic N) is 2. The first-order chi connectivity index (χ1) is 10.0. The zero-order valence-electron chi connectivity index (χ0n) is 10.9. The molecule has 0 radical (unpaired) electrons. The van der Waals surface area contributed by atoms with Crippen molar-refractivity contribution in [3.63, 3.8) is 0 Å². The van der Waals surface area contributed by atoms with E-state index in [1.165, 1.54) is 12.1 Å². The summed E-state index contributed by atoms with van der Waals surface area (Å²) < 4.78 is 13.0. The molecule has 0 spiro atoms. The van der Waals surface area contributed by atoms with Crippen LogP contribution in [0.5, 0.6) is 0 Å². The Morgan fingerprint density at radius 3 is 2.10 bits per heavy atom. The normalized spacial score (nSPS) is 10.9. The predicted molar refractivity (Wildman–Crippen MR) is 85.5 cm³/mol. The van der Waals surface area contributed by atoms with Crippen LogP contribution in [0.1, 0.15) is 4.88 Å². The minimum atomic E-state index is -0.322. The van der Waals surface area contributed by atoms with Crippen LogP contribution in [0.15, 0.2) is 36.4 Å². The molecule has 3 aromatic rings. The van der Waals surface area contributed by atoms with Crippen LogP contribution in [0.2, 0.25) is 10.3 Å². The highest BCUT2D eigenvalue weighted by atomic mass is 35.5. The average Bonchev–Trinajstić information content (AvgIpc) is 2.87. The van der Waals surface area contributed by atoms with Crippen LogP contribution in [0.3, 0.4) is 0 Å². The molecule has 2 aromatic heterocycles. The highest BCUT2D eigenvalue weighted by Gasteiger charge is 2.15. The maximum Gasteiger partial charge on any atom is 0.172 e. The van der Waals surface area contributed by atoms with Gasteiger partial charge in [0.25, 0.3) is 0 Å². The third-order valence-corrected chi connectivity index (χ3v) is 4.46. The van der Waals surface area contributed by atoms with Crippen LogP contribution in [-0.4, -0.2) is 9.97 Å². The Balaban J connectivity index is 2.10. The predicted octanol–water partition coefficient (Wildman–Crippen LogP) is 5.63. The van der Waals surface area contributed by atoms with Crippen LogP contribution in [0, 0.1) is 12.7 Å². The summed E-state index contributed by atoms with van der Waals surface area (Å²) in [5, 5.41) is 0.505. The Morgan fingerprint density at radius 1 is 0.952 bits per heavy atom. The minimum absolute atomic E-state index is 0.252. The van der Waals surface area contributed by atoms with E-state index in [2.05, 4.69) is 9.97 Å². The van der Waals surface area contributed by atoms with Gasteiger partial charge in [-0.05, 0) is 36.8 Å². The van der Waals surface area contributed by atoms with Crippen molar-refractivity contribution in [1.82, 2.24) is 9.97 Å². The van der Waals surface area contributed by atoms with Crippen LogP contribution < -0.4 is 0 Å². The third kappa shape index (κ3) is 2.93. The largest absolute Gasteiger partial charge is 0.215 e. The van der Waals surface area contributed by atoms with Crippen LogP contribution >= 0.6 is 34.5 Å². The molecular weight excluding hydrogens is 330 g/mol. The molecule has 2 nitrogen and oxygen atoms in total. The number of rotatable bonds is 2. The fourth-order valence-corrected chi connectivity index (χ4v) is 3.33. The lowest BCUT2D eigenvalue weighted by Gasteiger charge is -2.07. The number of halogens is 3. The van der Waals surface area contributed by atoms with Gasteiger partial charge in [-0.3, -0.25) is 0 Å². The van der Waals surface area contributed by atoms with Crippen molar-refractivity contribution >= 4 is 34.5 Å². The molecule has 0 N–H and O–H groups in total. The van der Waals surface area contributed by atoms with Gasteiger partial charge in [-0.25, -0.2) is 14.4 Å². The van der Waals surface area contributed by atoms with Crippen LogP contribution in [-0.2, 0) is 0 Å². The van der Waals surface area contributed by atoms with Gasteiger partial charge in [-0.2, -0.15) is 0 Å². The van der Waals surface area contributed by atoms with Crippen molar-refractivity contribution in [1.29, 1.82) is 0 Å². The molecule has 0 unspecified atom stereocenters. The first-order valence-corrected chi connectivity index (χ1v) is 7.67. The molecule has 0 atom stereocenters. The van der Waals surface area contributed by atoms with Crippen LogP contribution in [0.25, 0.3) is 21.8 Å². The first kappa shape index (κ1) is 14.4. The number of aromatic nitrogens is 2. The maximum atomic E-state index is 13.0. The van der Waals surface area contributed by atoms with E-state index in [-0.39, 0.29) is 16.1 Å². The van der Waals surface area contributed by atoms with E-state index >= 15 is 0 Å². The summed E-state index contributed by atoms with van der Waals surface area (Å²) in [4.78, 5) is 10.7. The molecule has 0 aliphatic rings. The molecule has 0 aliphatic carbocycles. The lowest BCUT2D eigenvalue weighted by Crippen LogP contribution is -1.93. The number of hydrogen-bond donors (Lipinski definition) is 0. The smallest absolute Gasteiger partial charge is 0.172 e. The van der Waals surface area contributed by atoms with E-state index in [9.17, 15) is 4.39 Å². The summed E-state index contributed by atoms with van der Waals surface area (Å²) in [5.41, 5.74) is 1.19. The number of aryl methyl sites for hydroxylation is 1. The molecule has 2 heterocycles. The zero-order valence-corrected chi connectivity index (χ0v) is 13.2. The molecule has 1 aromatic carbocycles. The van der Waals surface area contributed by atoms with E-state index < -0.39 is 0 Å². The Hall–Kier alpha value is -1.49. The van der Waals surface area contributed by atoms with Gasteiger partial charge in [0.2, 0.25) is 0 Å². The quantitative estimate of drug-likeness (QED) is 0.566. The fourth-order valence-electron chi connectivity index (χ4n) is 1.93. The number of benzene rings is 1. The Bertz CT molecular complexity index is 777. The topological polar surface area (TPSA) is 25.8 Å². The Morgan fingerprint density at radius 2 is 1.57 bits per heavy atom. The van der Waals surface area contributed by atoms with E-state index in [0.29, 0.717) is 17.0 Å². The molecular formula is C15H9Cl2FN2S. The van der Waals surface area contributed by atoms with Crippen molar-refractivity contribution in [3.8, 4) is 21.8 Å². The molecule has 21 heavy (non-hydrogen) atoms. The summed E-state index contributed by atoms with van der Waals surface area (Å²) in [7, 11) is 0. The van der Waals surface area contributed by atoms with Crippen molar-refractivity contribution in [2.45, 2.75) is 6.92 Å². The van der Waals surface area contributed by atoms with Gasteiger partial charge in [0.1, 0.15) is 16.1 Å². The monoisotopic (exact) mass is 338 g/mol. The lowest BCUT2D eigenvalue weighted by atomic mass is 10.1. The highest BCUT2D eigenvalue weighted by molar-refractivity contribution is 7.15. The molecule has 0 aliphatic heterocycles. The second-order valence-electron chi connectivity index (χ2n) is 4.42. The SMILES string of the molecule is Cc1ccc(-c2nc(Cl)c(-c3ccc(F)cc3)c(Cl)n2)s1. The van der Waals surface area contributed by atoms with Gasteiger partial charge in [-0.15, -0.1) is 11.3 Å². The molecule has 106 valence electrons. The van der Waals surface area contributed by atoms with Crippen molar-refractivity contribution in [3.05, 3.63) is 57.4 Å². The standard InChI is InChI=1S/C15H9Cl2FN2S/c1-8-2-7-11(21-8)15-19-13(16)12(14(17)20-15)9-3-5-10(18)6-4-9/h2-7H,1H3. The van der Waals surface area contributed by atoms with E-state index in [4.69, 9.17) is 23.2 Å². The van der Waals surface area contributed by atoms with E-state index in [1.807, 2.05) is 19.1 Å². The number of thiophene rings is 1. The third-order valence-electron chi connectivity index (χ3n) is 2.91. The Kier molecular flexibility index (Phi) is 3.93. The fraction of sp³-hybridized carbons (Fsp3) is 0.0667. The molecule has 0 amide bonds. The first-order valence-electron chi connectivity index (χ1n) is 6.10. The van der Waals surface area contributed by atoms with Gasteiger partial charge in [0, 0.05) is 4.88 Å². The Labute approximate surface area is 135 Å². The van der Waals surface area contributed by atoms with E-state index in [1.54, 1.807) is 23.5 Å². The zero-order chi connectivity index (χ0) is 15.0. The average molecular weight is 339 g/mol. The van der Waals surface area contributed by atoms with E-state index in [0.717, 1.165) is 9.75 Å². The number of hydrogen-bond acceptors (Lipinski definition) is 3. The summed E-state index contributed by atoms with van der Waals surface area (Å²) in [6.45, 7) is 2.00. The second-order valence-corrected chi connectivity index (χ2v) is 6.42.